The first-order valence-corrected chi connectivity index (χ1v) is 8.49. The zero-order valence-corrected chi connectivity index (χ0v) is 14.0. The van der Waals surface area contributed by atoms with Gasteiger partial charge < -0.3 is 14.7 Å². The van der Waals surface area contributed by atoms with Gasteiger partial charge in [0, 0.05) is 13.1 Å². The summed E-state index contributed by atoms with van der Waals surface area (Å²) in [7, 11) is 0. The van der Waals surface area contributed by atoms with Crippen molar-refractivity contribution in [3.05, 3.63) is 65.5 Å². The molecule has 0 saturated carbocycles. The number of rotatable bonds is 6. The number of likely N-dealkylation sites (tertiary alicyclic amines) is 1. The average molecular weight is 343 g/mol. The molecule has 0 aliphatic carbocycles. The van der Waals surface area contributed by atoms with Crippen molar-refractivity contribution in [2.24, 2.45) is 5.92 Å². The Morgan fingerprint density at radius 3 is 2.68 bits per heavy atom. The van der Waals surface area contributed by atoms with Crippen molar-refractivity contribution in [1.82, 2.24) is 4.90 Å². The second-order valence-corrected chi connectivity index (χ2v) is 6.38. The van der Waals surface area contributed by atoms with Gasteiger partial charge in [-0.3, -0.25) is 4.79 Å². The maximum absolute atomic E-state index is 13.7. The molecule has 4 nitrogen and oxygen atoms in total. The quantitative estimate of drug-likeness (QED) is 0.877. The minimum atomic E-state index is -0.179. The van der Waals surface area contributed by atoms with E-state index in [1.54, 1.807) is 41.3 Å². The third-order valence-electron chi connectivity index (χ3n) is 4.57. The summed E-state index contributed by atoms with van der Waals surface area (Å²) in [5, 5.41) is 9.01. The second-order valence-electron chi connectivity index (χ2n) is 6.38. The van der Waals surface area contributed by atoms with Crippen molar-refractivity contribution >= 4 is 5.91 Å². The Bertz CT molecular complexity index is 717. The van der Waals surface area contributed by atoms with E-state index in [2.05, 4.69) is 0 Å². The van der Waals surface area contributed by atoms with Gasteiger partial charge in [-0.15, -0.1) is 0 Å². The van der Waals surface area contributed by atoms with E-state index in [4.69, 9.17) is 9.84 Å². The van der Waals surface area contributed by atoms with Gasteiger partial charge in [0.1, 0.15) is 11.6 Å². The van der Waals surface area contributed by atoms with Crippen LogP contribution in [-0.2, 0) is 17.8 Å². The first-order valence-electron chi connectivity index (χ1n) is 8.49. The molecule has 2 aromatic rings. The summed E-state index contributed by atoms with van der Waals surface area (Å²) in [5.41, 5.74) is 1.51. The number of carbonyl (C=O) groups excluding carboxylic acids is 1. The highest BCUT2D eigenvalue weighted by atomic mass is 19.1. The highest BCUT2D eigenvalue weighted by Crippen LogP contribution is 2.22. The van der Waals surface area contributed by atoms with E-state index in [0.29, 0.717) is 30.8 Å². The standard InChI is InChI=1S/C20H22FNO3/c21-19-4-2-1-3-17(19)11-16-9-10-22(12-16)20(24)14-25-18-7-5-15(13-23)6-8-18/h1-8,16,23H,9-14H2. The summed E-state index contributed by atoms with van der Waals surface area (Å²) in [6.45, 7) is 1.30. The fraction of sp³-hybridized carbons (Fsp3) is 0.350. The van der Waals surface area contributed by atoms with Crippen molar-refractivity contribution in [3.8, 4) is 5.75 Å². The van der Waals surface area contributed by atoms with Gasteiger partial charge in [-0.25, -0.2) is 4.39 Å². The van der Waals surface area contributed by atoms with E-state index in [1.165, 1.54) is 6.07 Å². The Kier molecular flexibility index (Phi) is 5.66. The minimum Gasteiger partial charge on any atom is -0.484 e. The lowest BCUT2D eigenvalue weighted by atomic mass is 9.98. The molecule has 2 aromatic carbocycles. The third kappa shape index (κ3) is 4.57. The SMILES string of the molecule is O=C(COc1ccc(CO)cc1)N1CCC(Cc2ccccc2F)C1. The van der Waals surface area contributed by atoms with Crippen LogP contribution < -0.4 is 4.74 Å². The normalized spacial score (nSPS) is 16.9. The van der Waals surface area contributed by atoms with Gasteiger partial charge in [0.15, 0.2) is 6.61 Å². The highest BCUT2D eigenvalue weighted by Gasteiger charge is 2.27. The number of nitrogens with zero attached hydrogens (tertiary/aromatic N) is 1. The van der Waals surface area contributed by atoms with Crippen LogP contribution in [0.2, 0.25) is 0 Å². The molecule has 1 heterocycles. The Hall–Kier alpha value is -2.40. The minimum absolute atomic E-state index is 0.00904. The number of hydrogen-bond acceptors (Lipinski definition) is 3. The lowest BCUT2D eigenvalue weighted by molar-refractivity contribution is -0.132. The number of benzene rings is 2. The number of halogens is 1. The molecule has 5 heteroatoms. The van der Waals surface area contributed by atoms with Crippen molar-refractivity contribution in [1.29, 1.82) is 0 Å². The molecule has 1 N–H and O–H groups in total. The predicted molar refractivity (Wildman–Crippen MR) is 92.7 cm³/mol. The fourth-order valence-electron chi connectivity index (χ4n) is 3.13. The molecule has 132 valence electrons. The summed E-state index contributed by atoms with van der Waals surface area (Å²) < 4.78 is 19.3. The van der Waals surface area contributed by atoms with Gasteiger partial charge in [0.25, 0.3) is 5.91 Å². The van der Waals surface area contributed by atoms with E-state index >= 15 is 0 Å². The van der Waals surface area contributed by atoms with Gasteiger partial charge in [-0.2, -0.15) is 0 Å². The molecule has 1 atom stereocenters. The van der Waals surface area contributed by atoms with Crippen LogP contribution in [0.1, 0.15) is 17.5 Å². The van der Waals surface area contributed by atoms with Gasteiger partial charge in [0.05, 0.1) is 6.61 Å². The first-order chi connectivity index (χ1) is 12.2. The number of carbonyl (C=O) groups is 1. The topological polar surface area (TPSA) is 49.8 Å². The molecule has 0 aromatic heterocycles. The van der Waals surface area contributed by atoms with E-state index in [0.717, 1.165) is 12.0 Å². The Morgan fingerprint density at radius 2 is 1.96 bits per heavy atom. The maximum Gasteiger partial charge on any atom is 0.260 e. The zero-order valence-electron chi connectivity index (χ0n) is 14.0. The lowest BCUT2D eigenvalue weighted by Crippen LogP contribution is -2.33. The largest absolute Gasteiger partial charge is 0.484 e. The first kappa shape index (κ1) is 17.4. The van der Waals surface area contributed by atoms with Crippen molar-refractivity contribution in [2.75, 3.05) is 19.7 Å². The molecule has 1 aliphatic heterocycles. The summed E-state index contributed by atoms with van der Waals surface area (Å²) >= 11 is 0. The predicted octanol–water partition coefficient (Wildman–Crippen LogP) is 2.79. The molecule has 1 saturated heterocycles. The molecular weight excluding hydrogens is 321 g/mol. The molecule has 1 aliphatic rings. The average Bonchev–Trinajstić information content (AvgIpc) is 3.11. The lowest BCUT2D eigenvalue weighted by Gasteiger charge is -2.17. The van der Waals surface area contributed by atoms with Gasteiger partial charge >= 0.3 is 0 Å². The molecular formula is C20H22FNO3. The molecule has 1 fully saturated rings. The molecule has 1 amide bonds. The van der Waals surface area contributed by atoms with Gasteiger partial charge in [0.2, 0.25) is 0 Å². The third-order valence-corrected chi connectivity index (χ3v) is 4.57. The molecule has 3 rings (SSSR count). The number of hydrogen-bond donors (Lipinski definition) is 1. The highest BCUT2D eigenvalue weighted by molar-refractivity contribution is 5.78. The monoisotopic (exact) mass is 343 g/mol. The van der Waals surface area contributed by atoms with E-state index in [9.17, 15) is 9.18 Å². The Balaban J connectivity index is 1.48. The van der Waals surface area contributed by atoms with Gasteiger partial charge in [-0.05, 0) is 48.1 Å². The summed E-state index contributed by atoms with van der Waals surface area (Å²) in [6.07, 6.45) is 1.53. The van der Waals surface area contributed by atoms with Crippen LogP contribution in [0.4, 0.5) is 4.39 Å². The number of aliphatic hydroxyl groups excluding tert-OH is 1. The van der Waals surface area contributed by atoms with Crippen LogP contribution in [0.5, 0.6) is 5.75 Å². The van der Waals surface area contributed by atoms with Gasteiger partial charge in [-0.1, -0.05) is 30.3 Å². The van der Waals surface area contributed by atoms with E-state index < -0.39 is 0 Å². The van der Waals surface area contributed by atoms with Crippen LogP contribution in [0.25, 0.3) is 0 Å². The Morgan fingerprint density at radius 1 is 1.20 bits per heavy atom. The van der Waals surface area contributed by atoms with Crippen molar-refractivity contribution in [2.45, 2.75) is 19.4 Å². The van der Waals surface area contributed by atoms with Crippen molar-refractivity contribution in [3.63, 3.8) is 0 Å². The molecule has 25 heavy (non-hydrogen) atoms. The van der Waals surface area contributed by atoms with E-state index in [-0.39, 0.29) is 30.9 Å². The molecule has 0 spiro atoms. The Labute approximate surface area is 146 Å². The molecule has 0 radical (unpaired) electrons. The summed E-state index contributed by atoms with van der Waals surface area (Å²) in [6, 6.07) is 13.8. The smallest absolute Gasteiger partial charge is 0.260 e. The molecule has 0 bridgehead atoms. The maximum atomic E-state index is 13.7. The second kappa shape index (κ2) is 8.12. The number of ether oxygens (including phenoxy) is 1. The van der Waals surface area contributed by atoms with Crippen LogP contribution in [0.15, 0.2) is 48.5 Å². The number of amides is 1. The van der Waals surface area contributed by atoms with Crippen LogP contribution in [-0.4, -0.2) is 35.6 Å². The molecule has 1 unspecified atom stereocenters. The van der Waals surface area contributed by atoms with Crippen LogP contribution in [0.3, 0.4) is 0 Å². The fourth-order valence-corrected chi connectivity index (χ4v) is 3.13. The number of aliphatic hydroxyl groups is 1. The summed E-state index contributed by atoms with van der Waals surface area (Å²) in [4.78, 5) is 14.1. The van der Waals surface area contributed by atoms with Crippen LogP contribution >= 0.6 is 0 Å². The van der Waals surface area contributed by atoms with E-state index in [1.807, 2.05) is 6.07 Å². The summed E-state index contributed by atoms with van der Waals surface area (Å²) in [5.74, 6) is 0.654. The van der Waals surface area contributed by atoms with Crippen LogP contribution in [0, 0.1) is 11.7 Å². The van der Waals surface area contributed by atoms with Crippen molar-refractivity contribution < 1.29 is 19.0 Å². The zero-order chi connectivity index (χ0) is 17.6.